The third-order valence-electron chi connectivity index (χ3n) is 6.44. The smallest absolute Gasteiger partial charge is 0.242 e. The fourth-order valence-corrected chi connectivity index (χ4v) is 4.46. The predicted molar refractivity (Wildman–Crippen MR) is 130 cm³/mol. The van der Waals surface area contributed by atoms with E-state index in [9.17, 15) is 9.59 Å². The topological polar surface area (TPSA) is 45.6 Å². The van der Waals surface area contributed by atoms with E-state index < -0.39 is 0 Å². The van der Waals surface area contributed by atoms with Crippen molar-refractivity contribution in [1.82, 2.24) is 14.4 Å². The van der Waals surface area contributed by atoms with Crippen LogP contribution in [0.3, 0.4) is 0 Å². The number of nitrogens with zero attached hydrogens (tertiary/aromatic N) is 3. The third kappa shape index (κ3) is 5.72. The van der Waals surface area contributed by atoms with Gasteiger partial charge < -0.3 is 14.4 Å². The van der Waals surface area contributed by atoms with E-state index in [1.807, 2.05) is 83.4 Å². The average Bonchev–Trinajstić information content (AvgIpc) is 3.54. The zero-order chi connectivity index (χ0) is 23.2. The summed E-state index contributed by atoms with van der Waals surface area (Å²) in [5, 5.41) is 0. The maximum atomic E-state index is 13.5. The van der Waals surface area contributed by atoms with Gasteiger partial charge in [-0.25, -0.2) is 0 Å². The Bertz CT molecular complexity index is 1060. The zero-order valence-corrected chi connectivity index (χ0v) is 19.6. The van der Waals surface area contributed by atoms with E-state index in [4.69, 9.17) is 0 Å². The van der Waals surface area contributed by atoms with Gasteiger partial charge in [0.05, 0.1) is 13.1 Å². The highest BCUT2D eigenvalue weighted by atomic mass is 16.2. The number of hydrogen-bond acceptors (Lipinski definition) is 2. The molecule has 0 spiro atoms. The minimum absolute atomic E-state index is 0.0119. The van der Waals surface area contributed by atoms with Crippen LogP contribution in [0.5, 0.6) is 0 Å². The van der Waals surface area contributed by atoms with E-state index in [0.29, 0.717) is 19.6 Å². The molecule has 5 nitrogen and oxygen atoms in total. The van der Waals surface area contributed by atoms with Crippen molar-refractivity contribution in [3.8, 4) is 0 Å². The minimum Gasteiger partial charge on any atom is -0.353 e. The van der Waals surface area contributed by atoms with Gasteiger partial charge in [-0.3, -0.25) is 9.59 Å². The SMILES string of the molecule is CCCN(CC(=O)N(Cc1ccccc1)Cc1cccn1C)C(=O)C1CC1c1ccccc1. The van der Waals surface area contributed by atoms with Crippen LogP contribution < -0.4 is 0 Å². The summed E-state index contributed by atoms with van der Waals surface area (Å²) in [6.45, 7) is 3.82. The molecule has 2 amide bonds. The van der Waals surface area contributed by atoms with E-state index in [1.54, 1.807) is 4.90 Å². The summed E-state index contributed by atoms with van der Waals surface area (Å²) in [6, 6.07) is 24.3. The van der Waals surface area contributed by atoms with Crippen LogP contribution in [0.2, 0.25) is 0 Å². The van der Waals surface area contributed by atoms with Crippen molar-refractivity contribution in [2.24, 2.45) is 13.0 Å². The van der Waals surface area contributed by atoms with Crippen LogP contribution in [0.4, 0.5) is 0 Å². The predicted octanol–water partition coefficient (Wildman–Crippen LogP) is 4.60. The third-order valence-corrected chi connectivity index (χ3v) is 6.44. The minimum atomic E-state index is -0.0150. The summed E-state index contributed by atoms with van der Waals surface area (Å²) in [5.74, 6) is 0.357. The molecule has 0 saturated heterocycles. The van der Waals surface area contributed by atoms with E-state index in [-0.39, 0.29) is 30.2 Å². The van der Waals surface area contributed by atoms with Crippen LogP contribution in [0, 0.1) is 5.92 Å². The van der Waals surface area contributed by atoms with Crippen LogP contribution >= 0.6 is 0 Å². The van der Waals surface area contributed by atoms with Crippen LogP contribution in [0.15, 0.2) is 79.0 Å². The largest absolute Gasteiger partial charge is 0.353 e. The van der Waals surface area contributed by atoms with E-state index in [1.165, 1.54) is 5.56 Å². The fraction of sp³-hybridized carbons (Fsp3) is 0.357. The van der Waals surface area contributed by atoms with Crippen LogP contribution in [0.25, 0.3) is 0 Å². The van der Waals surface area contributed by atoms with Gasteiger partial charge in [0.1, 0.15) is 0 Å². The second-order valence-electron chi connectivity index (χ2n) is 8.96. The quantitative estimate of drug-likeness (QED) is 0.460. The highest BCUT2D eigenvalue weighted by molar-refractivity contribution is 5.88. The highest BCUT2D eigenvalue weighted by Gasteiger charge is 2.45. The lowest BCUT2D eigenvalue weighted by atomic mass is 10.1. The lowest BCUT2D eigenvalue weighted by Crippen LogP contribution is -2.43. The number of carbonyl (C=O) groups is 2. The second kappa shape index (κ2) is 10.5. The molecule has 33 heavy (non-hydrogen) atoms. The van der Waals surface area contributed by atoms with Crippen molar-refractivity contribution in [3.63, 3.8) is 0 Å². The molecule has 0 N–H and O–H groups in total. The Balaban J connectivity index is 1.47. The van der Waals surface area contributed by atoms with Gasteiger partial charge in [-0.05, 0) is 42.0 Å². The summed E-state index contributed by atoms with van der Waals surface area (Å²) in [5.41, 5.74) is 3.37. The summed E-state index contributed by atoms with van der Waals surface area (Å²) in [4.78, 5) is 30.4. The maximum absolute atomic E-state index is 13.5. The summed E-state index contributed by atoms with van der Waals surface area (Å²) in [7, 11) is 1.99. The monoisotopic (exact) mass is 443 g/mol. The first kappa shape index (κ1) is 22.8. The van der Waals surface area contributed by atoms with Crippen molar-refractivity contribution >= 4 is 11.8 Å². The molecule has 2 atom stereocenters. The molecule has 0 radical (unpaired) electrons. The lowest BCUT2D eigenvalue weighted by molar-refractivity contribution is -0.142. The number of amides is 2. The average molecular weight is 444 g/mol. The van der Waals surface area contributed by atoms with Crippen LogP contribution in [-0.2, 0) is 29.7 Å². The van der Waals surface area contributed by atoms with Crippen molar-refractivity contribution < 1.29 is 9.59 Å². The molecule has 1 aliphatic carbocycles. The molecule has 0 aliphatic heterocycles. The van der Waals surface area contributed by atoms with E-state index in [2.05, 4.69) is 19.1 Å². The molecule has 0 bridgehead atoms. The number of hydrogen-bond donors (Lipinski definition) is 0. The standard InChI is InChI=1S/C28H33N3O2/c1-3-16-30(28(33)26-18-25(26)23-13-8-5-9-14-23)21-27(32)31(19-22-11-6-4-7-12-22)20-24-15-10-17-29(24)2/h4-15,17,25-26H,3,16,18-21H2,1-2H3. The first-order valence-corrected chi connectivity index (χ1v) is 11.8. The van der Waals surface area contributed by atoms with Crippen LogP contribution in [-0.4, -0.2) is 39.3 Å². The molecule has 4 rings (SSSR count). The van der Waals surface area contributed by atoms with Gasteiger partial charge in [-0.15, -0.1) is 0 Å². The zero-order valence-electron chi connectivity index (χ0n) is 19.6. The van der Waals surface area contributed by atoms with Crippen molar-refractivity contribution in [3.05, 3.63) is 95.8 Å². The molecule has 1 saturated carbocycles. The molecular weight excluding hydrogens is 410 g/mol. The van der Waals surface area contributed by atoms with Gasteiger partial charge in [0.25, 0.3) is 0 Å². The number of benzene rings is 2. The second-order valence-corrected chi connectivity index (χ2v) is 8.96. The number of carbonyl (C=O) groups excluding carboxylic acids is 2. The van der Waals surface area contributed by atoms with E-state index in [0.717, 1.165) is 24.1 Å². The van der Waals surface area contributed by atoms with Crippen molar-refractivity contribution in [2.75, 3.05) is 13.1 Å². The van der Waals surface area contributed by atoms with Crippen molar-refractivity contribution in [2.45, 2.75) is 38.8 Å². The van der Waals surface area contributed by atoms with Gasteiger partial charge in [-0.1, -0.05) is 67.6 Å². The molecule has 5 heteroatoms. The molecule has 1 heterocycles. The Labute approximate surface area is 196 Å². The molecule has 172 valence electrons. The molecule has 1 aliphatic rings. The maximum Gasteiger partial charge on any atom is 0.242 e. The summed E-state index contributed by atoms with van der Waals surface area (Å²) >= 11 is 0. The van der Waals surface area contributed by atoms with Gasteiger partial charge in [-0.2, -0.15) is 0 Å². The number of aryl methyl sites for hydroxylation is 1. The molecule has 1 fully saturated rings. The molecule has 2 unspecified atom stereocenters. The lowest BCUT2D eigenvalue weighted by Gasteiger charge is -2.28. The fourth-order valence-electron chi connectivity index (χ4n) is 4.46. The van der Waals surface area contributed by atoms with Crippen molar-refractivity contribution in [1.29, 1.82) is 0 Å². The Morgan fingerprint density at radius 1 is 0.909 bits per heavy atom. The first-order valence-electron chi connectivity index (χ1n) is 11.8. The van der Waals surface area contributed by atoms with Gasteiger partial charge in [0, 0.05) is 37.9 Å². The van der Waals surface area contributed by atoms with E-state index >= 15 is 0 Å². The Morgan fingerprint density at radius 2 is 1.61 bits per heavy atom. The van der Waals surface area contributed by atoms with Gasteiger partial charge in [0.15, 0.2) is 0 Å². The summed E-state index contributed by atoms with van der Waals surface area (Å²) in [6.07, 6.45) is 3.69. The first-order chi connectivity index (χ1) is 16.1. The Kier molecular flexibility index (Phi) is 7.28. The van der Waals surface area contributed by atoms with Gasteiger partial charge in [0.2, 0.25) is 11.8 Å². The molecule has 2 aromatic carbocycles. The Hall–Kier alpha value is -3.34. The summed E-state index contributed by atoms with van der Waals surface area (Å²) < 4.78 is 2.04. The molecule has 3 aromatic rings. The van der Waals surface area contributed by atoms with Crippen LogP contribution in [0.1, 0.15) is 42.5 Å². The molecular formula is C28H33N3O2. The van der Waals surface area contributed by atoms with Gasteiger partial charge >= 0.3 is 0 Å². The highest BCUT2D eigenvalue weighted by Crippen LogP contribution is 2.48. The number of aromatic nitrogens is 1. The Morgan fingerprint density at radius 3 is 2.24 bits per heavy atom. The number of rotatable bonds is 10. The molecule has 1 aromatic heterocycles. The normalized spacial score (nSPS) is 16.9.